The molecular formula is C48H92O6. The molecule has 0 saturated heterocycles. The van der Waals surface area contributed by atoms with Crippen molar-refractivity contribution in [3.63, 3.8) is 0 Å². The van der Waals surface area contributed by atoms with Crippen LogP contribution in [0, 0.1) is 17.8 Å². The van der Waals surface area contributed by atoms with Gasteiger partial charge in [-0.05, 0) is 37.0 Å². The number of carbonyl (C=O) groups is 3. The highest BCUT2D eigenvalue weighted by Gasteiger charge is 2.19. The second kappa shape index (κ2) is 39.6. The van der Waals surface area contributed by atoms with Crippen LogP contribution in [0.5, 0.6) is 0 Å². The highest BCUT2D eigenvalue weighted by Crippen LogP contribution is 2.17. The van der Waals surface area contributed by atoms with Gasteiger partial charge in [-0.25, -0.2) is 0 Å². The summed E-state index contributed by atoms with van der Waals surface area (Å²) in [6.45, 7) is 13.6. The molecule has 54 heavy (non-hydrogen) atoms. The SMILES string of the molecule is CCC(C)CCCCCCCCCCCCC(=O)OC[C@@H](COC(=O)CCCCCCCCCCC(C)C)OC(=O)CCCCCCCCCCC(C)C. The maximum atomic E-state index is 12.7. The number of esters is 3. The van der Waals surface area contributed by atoms with E-state index in [2.05, 4.69) is 41.5 Å². The summed E-state index contributed by atoms with van der Waals surface area (Å²) in [7, 11) is 0. The lowest BCUT2D eigenvalue weighted by atomic mass is 9.99. The predicted molar refractivity (Wildman–Crippen MR) is 229 cm³/mol. The summed E-state index contributed by atoms with van der Waals surface area (Å²) in [5, 5.41) is 0. The second-order valence-electron chi connectivity index (χ2n) is 17.6. The van der Waals surface area contributed by atoms with Gasteiger partial charge in [-0.3, -0.25) is 14.4 Å². The Labute approximate surface area is 336 Å². The Morgan fingerprint density at radius 3 is 0.963 bits per heavy atom. The van der Waals surface area contributed by atoms with Crippen molar-refractivity contribution in [1.29, 1.82) is 0 Å². The molecule has 0 aromatic carbocycles. The van der Waals surface area contributed by atoms with Crippen molar-refractivity contribution < 1.29 is 28.6 Å². The first-order chi connectivity index (χ1) is 26.1. The minimum atomic E-state index is -0.762. The van der Waals surface area contributed by atoms with E-state index in [0.717, 1.165) is 75.5 Å². The van der Waals surface area contributed by atoms with Gasteiger partial charge in [0.15, 0.2) is 6.10 Å². The van der Waals surface area contributed by atoms with E-state index >= 15 is 0 Å². The number of hydrogen-bond acceptors (Lipinski definition) is 6. The zero-order valence-electron chi connectivity index (χ0n) is 37.0. The summed E-state index contributed by atoms with van der Waals surface area (Å²) < 4.78 is 16.7. The fourth-order valence-electron chi connectivity index (χ4n) is 7.02. The topological polar surface area (TPSA) is 78.9 Å². The minimum Gasteiger partial charge on any atom is -0.462 e. The van der Waals surface area contributed by atoms with Gasteiger partial charge in [0.25, 0.3) is 0 Å². The molecule has 320 valence electrons. The summed E-state index contributed by atoms with van der Waals surface area (Å²) in [6, 6.07) is 0. The number of rotatable bonds is 41. The van der Waals surface area contributed by atoms with E-state index in [4.69, 9.17) is 14.2 Å². The fourth-order valence-corrected chi connectivity index (χ4v) is 7.02. The third kappa shape index (κ3) is 40.1. The van der Waals surface area contributed by atoms with Crippen LogP contribution in [0.3, 0.4) is 0 Å². The van der Waals surface area contributed by atoms with Crippen LogP contribution < -0.4 is 0 Å². The molecule has 2 atom stereocenters. The van der Waals surface area contributed by atoms with Crippen LogP contribution in [0.4, 0.5) is 0 Å². The molecule has 0 radical (unpaired) electrons. The maximum Gasteiger partial charge on any atom is 0.306 e. The van der Waals surface area contributed by atoms with E-state index in [0.29, 0.717) is 19.3 Å². The maximum absolute atomic E-state index is 12.7. The normalized spacial score (nSPS) is 12.7. The smallest absolute Gasteiger partial charge is 0.306 e. The Hall–Kier alpha value is -1.59. The average Bonchev–Trinajstić information content (AvgIpc) is 3.14. The molecular weight excluding hydrogens is 673 g/mol. The fraction of sp³-hybridized carbons (Fsp3) is 0.938. The molecule has 0 rings (SSSR count). The lowest BCUT2D eigenvalue weighted by molar-refractivity contribution is -0.167. The van der Waals surface area contributed by atoms with Crippen LogP contribution in [-0.4, -0.2) is 37.2 Å². The van der Waals surface area contributed by atoms with E-state index in [1.165, 1.54) is 135 Å². The average molecular weight is 765 g/mol. The highest BCUT2D eigenvalue weighted by molar-refractivity contribution is 5.71. The summed E-state index contributed by atoms with van der Waals surface area (Å²) in [4.78, 5) is 37.8. The highest BCUT2D eigenvalue weighted by atomic mass is 16.6. The van der Waals surface area contributed by atoms with E-state index < -0.39 is 6.10 Å². The van der Waals surface area contributed by atoms with Crippen molar-refractivity contribution in [2.45, 2.75) is 260 Å². The van der Waals surface area contributed by atoms with Crippen molar-refractivity contribution >= 4 is 17.9 Å². The Morgan fingerprint density at radius 1 is 0.370 bits per heavy atom. The van der Waals surface area contributed by atoms with E-state index in [1.54, 1.807) is 0 Å². The summed E-state index contributed by atoms with van der Waals surface area (Å²) >= 11 is 0. The summed E-state index contributed by atoms with van der Waals surface area (Å²) in [5.41, 5.74) is 0. The van der Waals surface area contributed by atoms with Crippen molar-refractivity contribution in [3.8, 4) is 0 Å². The molecule has 0 bridgehead atoms. The van der Waals surface area contributed by atoms with Crippen molar-refractivity contribution in [2.75, 3.05) is 13.2 Å². The first-order valence-corrected chi connectivity index (χ1v) is 23.6. The van der Waals surface area contributed by atoms with Gasteiger partial charge in [0.05, 0.1) is 0 Å². The van der Waals surface area contributed by atoms with Gasteiger partial charge < -0.3 is 14.2 Å². The Bertz CT molecular complexity index is 839. The molecule has 0 aromatic heterocycles. The zero-order chi connectivity index (χ0) is 39.9. The van der Waals surface area contributed by atoms with Gasteiger partial charge in [-0.2, -0.15) is 0 Å². The molecule has 0 aliphatic carbocycles. The lowest BCUT2D eigenvalue weighted by Crippen LogP contribution is -2.30. The lowest BCUT2D eigenvalue weighted by Gasteiger charge is -2.18. The van der Waals surface area contributed by atoms with Crippen LogP contribution in [0.15, 0.2) is 0 Å². The largest absolute Gasteiger partial charge is 0.462 e. The van der Waals surface area contributed by atoms with Crippen LogP contribution in [-0.2, 0) is 28.6 Å². The van der Waals surface area contributed by atoms with E-state index in [-0.39, 0.29) is 31.1 Å². The molecule has 0 N–H and O–H groups in total. The van der Waals surface area contributed by atoms with Gasteiger partial charge in [0.2, 0.25) is 0 Å². The molecule has 0 aliphatic rings. The van der Waals surface area contributed by atoms with Crippen LogP contribution in [0.1, 0.15) is 253 Å². The van der Waals surface area contributed by atoms with Gasteiger partial charge in [0.1, 0.15) is 13.2 Å². The predicted octanol–water partition coefficient (Wildman–Crippen LogP) is 14.8. The summed E-state index contributed by atoms with van der Waals surface area (Å²) in [6.07, 6.45) is 36.6. The third-order valence-corrected chi connectivity index (χ3v) is 11.0. The molecule has 0 aliphatic heterocycles. The number of unbranched alkanes of at least 4 members (excludes halogenated alkanes) is 23. The Kier molecular flexibility index (Phi) is 38.5. The first kappa shape index (κ1) is 52.4. The molecule has 0 amide bonds. The molecule has 1 unspecified atom stereocenters. The number of carbonyl (C=O) groups excluding carboxylic acids is 3. The number of hydrogen-bond donors (Lipinski definition) is 0. The quantitative estimate of drug-likeness (QED) is 0.0350. The zero-order valence-corrected chi connectivity index (χ0v) is 37.0. The molecule has 0 heterocycles. The van der Waals surface area contributed by atoms with E-state index in [9.17, 15) is 14.4 Å². The minimum absolute atomic E-state index is 0.0663. The molecule has 0 fully saturated rings. The van der Waals surface area contributed by atoms with Crippen LogP contribution in [0.2, 0.25) is 0 Å². The standard InChI is InChI=1S/C48H92O6/c1-7-44(6)36-30-24-18-10-8-9-11-19-25-31-37-46(49)52-40-45(54-48(51)39-33-27-21-15-13-17-23-29-35-43(4)5)41-53-47(50)38-32-26-20-14-12-16-22-28-34-42(2)3/h42-45H,7-41H2,1-6H3/t44?,45-/m0/s1. The van der Waals surface area contributed by atoms with Gasteiger partial charge in [-0.15, -0.1) is 0 Å². The third-order valence-electron chi connectivity index (χ3n) is 11.0. The van der Waals surface area contributed by atoms with Crippen LogP contribution in [0.25, 0.3) is 0 Å². The molecule has 0 saturated carbocycles. The van der Waals surface area contributed by atoms with Crippen molar-refractivity contribution in [2.24, 2.45) is 17.8 Å². The first-order valence-electron chi connectivity index (χ1n) is 23.6. The van der Waals surface area contributed by atoms with Crippen LogP contribution >= 0.6 is 0 Å². The molecule has 0 aromatic rings. The monoisotopic (exact) mass is 765 g/mol. The van der Waals surface area contributed by atoms with Gasteiger partial charge in [-0.1, -0.05) is 215 Å². The van der Waals surface area contributed by atoms with Crippen molar-refractivity contribution in [1.82, 2.24) is 0 Å². The summed E-state index contributed by atoms with van der Waals surface area (Å²) in [5.74, 6) is 1.60. The number of ether oxygens (including phenoxy) is 3. The van der Waals surface area contributed by atoms with E-state index in [1.807, 2.05) is 0 Å². The van der Waals surface area contributed by atoms with Crippen molar-refractivity contribution in [3.05, 3.63) is 0 Å². The molecule has 6 heteroatoms. The molecule has 6 nitrogen and oxygen atoms in total. The van der Waals surface area contributed by atoms with Gasteiger partial charge in [0, 0.05) is 19.3 Å². The second-order valence-corrected chi connectivity index (χ2v) is 17.6. The Balaban J connectivity index is 4.34. The molecule has 0 spiro atoms. The Morgan fingerprint density at radius 2 is 0.648 bits per heavy atom. The van der Waals surface area contributed by atoms with Gasteiger partial charge >= 0.3 is 17.9 Å².